The van der Waals surface area contributed by atoms with Crippen LogP contribution in [0.3, 0.4) is 0 Å². The minimum absolute atomic E-state index is 0. The van der Waals surface area contributed by atoms with Crippen molar-refractivity contribution in [1.29, 1.82) is 0 Å². The number of aliphatic hydroxyl groups is 1. The predicted molar refractivity (Wildman–Crippen MR) is 64.8 cm³/mol. The van der Waals surface area contributed by atoms with Gasteiger partial charge in [0.1, 0.15) is 24.6 Å². The second kappa shape index (κ2) is 15.1. The maximum absolute atomic E-state index is 10.6. The summed E-state index contributed by atoms with van der Waals surface area (Å²) in [5.41, 5.74) is 5.06. The fourth-order valence-corrected chi connectivity index (χ4v) is 2.60. The van der Waals surface area contributed by atoms with Crippen LogP contribution in [0.4, 0.5) is 0 Å². The molecule has 0 fully saturated rings. The molecule has 0 spiro atoms. The molecule has 0 heterocycles. The van der Waals surface area contributed by atoms with E-state index in [-0.39, 0.29) is 95.0 Å². The van der Waals surface area contributed by atoms with Crippen molar-refractivity contribution in [2.75, 3.05) is 6.61 Å². The quantitative estimate of drug-likeness (QED) is 0.119. The smallest absolute Gasteiger partial charge is 0.726 e. The first-order chi connectivity index (χ1) is 10.6. The topological polar surface area (TPSA) is 263 Å². The molecule has 0 aromatic carbocycles. The molecule has 0 saturated heterocycles. The minimum Gasteiger partial charge on any atom is -0.726 e. The Morgan fingerprint density at radius 2 is 1.22 bits per heavy atom. The Balaban J connectivity index is -0.000000882. The Morgan fingerprint density at radius 1 is 0.852 bits per heavy atom. The van der Waals surface area contributed by atoms with Gasteiger partial charge in [-0.05, 0) is 0 Å². The average Bonchev–Trinajstić information content (AvgIpc) is 2.36. The fourth-order valence-electron chi connectivity index (χ4n) is 1.27. The Labute approximate surface area is 221 Å². The van der Waals surface area contributed by atoms with Crippen molar-refractivity contribution in [1.82, 2.24) is 0 Å². The summed E-state index contributed by atoms with van der Waals surface area (Å²) in [4.78, 5) is 10.6. The SMILES string of the molecule is N[C@@H](C=O)[C@@H](OS(=O)(=O)[O-])[C@H](OS(=O)(=O)[O-])[C@H](O)COS(=O)(=O)[O-].[Na+].[Na+].[Na+]. The van der Waals surface area contributed by atoms with Gasteiger partial charge in [-0.3, -0.25) is 12.5 Å². The molecular formula is C6H10NNa3O14S3. The van der Waals surface area contributed by atoms with E-state index in [9.17, 15) is 48.8 Å². The van der Waals surface area contributed by atoms with Gasteiger partial charge in [0.05, 0.1) is 12.6 Å². The molecule has 21 heteroatoms. The van der Waals surface area contributed by atoms with Gasteiger partial charge < -0.3 is 29.3 Å². The van der Waals surface area contributed by atoms with Gasteiger partial charge in [0.2, 0.25) is 31.2 Å². The summed E-state index contributed by atoms with van der Waals surface area (Å²) in [7, 11) is -16.8. The molecule has 0 aliphatic rings. The van der Waals surface area contributed by atoms with E-state index in [4.69, 9.17) is 5.73 Å². The Morgan fingerprint density at radius 3 is 1.52 bits per heavy atom. The van der Waals surface area contributed by atoms with Crippen LogP contribution in [0.2, 0.25) is 0 Å². The largest absolute Gasteiger partial charge is 1.00 e. The molecule has 15 nitrogen and oxygen atoms in total. The molecule has 144 valence electrons. The third kappa shape index (κ3) is 18.7. The predicted octanol–water partition coefficient (Wildman–Crippen LogP) is -13.9. The molecular weight excluding hydrogens is 475 g/mol. The van der Waals surface area contributed by atoms with Crippen LogP contribution in [-0.4, -0.2) is 81.3 Å². The summed E-state index contributed by atoms with van der Waals surface area (Å²) in [6, 6.07) is -2.13. The molecule has 0 aliphatic heterocycles. The van der Waals surface area contributed by atoms with Crippen molar-refractivity contribution in [3.05, 3.63) is 0 Å². The third-order valence-corrected chi connectivity index (χ3v) is 3.42. The summed E-state index contributed by atoms with van der Waals surface area (Å²) < 4.78 is 105. The van der Waals surface area contributed by atoms with Crippen LogP contribution < -0.4 is 94.4 Å². The standard InChI is InChI=1S/C6H13NO14S3.3Na/c7-3(1-8)5(20-23(13,14)15)6(21-24(16,17)18)4(9)2-19-22(10,11)12;;;/h1,3-6,9H,2,7H2,(H,10,11,12)(H,13,14,15)(H,16,17,18);;;/q;3*+1/p-3/t3-,4+,5+,6+;;;/m0.../s1. The molecule has 0 unspecified atom stereocenters. The first-order valence-corrected chi connectivity index (χ1v) is 9.33. The van der Waals surface area contributed by atoms with Gasteiger partial charge in [0, 0.05) is 0 Å². The van der Waals surface area contributed by atoms with Crippen molar-refractivity contribution in [3.63, 3.8) is 0 Å². The molecule has 27 heavy (non-hydrogen) atoms. The number of carbonyl (C=O) groups is 1. The molecule has 4 atom stereocenters. The summed E-state index contributed by atoms with van der Waals surface area (Å²) in [5.74, 6) is 0. The van der Waals surface area contributed by atoms with E-state index in [0.29, 0.717) is 0 Å². The van der Waals surface area contributed by atoms with Gasteiger partial charge in [-0.25, -0.2) is 25.3 Å². The van der Waals surface area contributed by atoms with Crippen LogP contribution in [-0.2, 0) is 48.5 Å². The number of aliphatic hydroxyl groups excluding tert-OH is 1. The Hall–Kier alpha value is 2.20. The second-order valence-electron chi connectivity index (χ2n) is 3.91. The number of nitrogens with two attached hydrogens (primary N) is 1. The van der Waals surface area contributed by atoms with Crippen LogP contribution in [0.1, 0.15) is 0 Å². The van der Waals surface area contributed by atoms with Crippen molar-refractivity contribution in [3.8, 4) is 0 Å². The van der Waals surface area contributed by atoms with E-state index >= 15 is 0 Å². The van der Waals surface area contributed by atoms with Crippen molar-refractivity contribution < 1.29 is 150 Å². The van der Waals surface area contributed by atoms with Gasteiger partial charge in [-0.2, -0.15) is 0 Å². The van der Waals surface area contributed by atoms with Gasteiger partial charge in [-0.15, -0.1) is 0 Å². The summed E-state index contributed by atoms with van der Waals surface area (Å²) in [6.07, 6.45) is -8.06. The number of hydrogen-bond donors (Lipinski definition) is 2. The molecule has 0 rings (SSSR count). The van der Waals surface area contributed by atoms with Crippen LogP contribution in [0, 0.1) is 0 Å². The monoisotopic (exact) mass is 485 g/mol. The Bertz CT molecular complexity index is 738. The van der Waals surface area contributed by atoms with Gasteiger partial charge in [0.25, 0.3) is 0 Å². The minimum atomic E-state index is -5.71. The first-order valence-electron chi connectivity index (χ1n) is 5.33. The molecule has 0 aromatic rings. The number of carbonyl (C=O) groups excluding carboxylic acids is 1. The molecule has 0 saturated carbocycles. The summed E-state index contributed by atoms with van der Waals surface area (Å²) >= 11 is 0. The molecule has 0 radical (unpaired) electrons. The van der Waals surface area contributed by atoms with Crippen molar-refractivity contribution >= 4 is 37.5 Å². The zero-order valence-corrected chi connectivity index (χ0v) is 22.6. The number of rotatable bonds is 11. The van der Waals surface area contributed by atoms with Crippen molar-refractivity contribution in [2.24, 2.45) is 5.73 Å². The maximum atomic E-state index is 10.6. The molecule has 0 aromatic heterocycles. The van der Waals surface area contributed by atoms with E-state index in [1.807, 2.05) is 0 Å². The zero-order chi connectivity index (χ0) is 19.3. The van der Waals surface area contributed by atoms with E-state index in [1.165, 1.54) is 0 Å². The zero-order valence-electron chi connectivity index (χ0n) is 14.2. The number of hydrogen-bond acceptors (Lipinski definition) is 15. The first kappa shape index (κ1) is 36.6. The van der Waals surface area contributed by atoms with E-state index in [0.717, 1.165) is 0 Å². The van der Waals surface area contributed by atoms with Crippen LogP contribution >= 0.6 is 0 Å². The van der Waals surface area contributed by atoms with Crippen molar-refractivity contribution in [2.45, 2.75) is 24.4 Å². The fraction of sp³-hybridized carbons (Fsp3) is 0.833. The normalized spacial score (nSPS) is 16.5. The summed E-state index contributed by atoms with van der Waals surface area (Å²) in [5, 5.41) is 9.54. The van der Waals surface area contributed by atoms with E-state index in [2.05, 4.69) is 12.5 Å². The van der Waals surface area contributed by atoms with Crippen LogP contribution in [0.25, 0.3) is 0 Å². The second-order valence-corrected chi connectivity index (χ2v) is 6.98. The van der Waals surface area contributed by atoms with Gasteiger partial charge in [0.15, 0.2) is 0 Å². The molecule has 0 bridgehead atoms. The van der Waals surface area contributed by atoms with Gasteiger partial charge in [-0.1, -0.05) is 0 Å². The van der Waals surface area contributed by atoms with Crippen LogP contribution in [0.5, 0.6) is 0 Å². The third-order valence-electron chi connectivity index (χ3n) is 2.08. The molecule has 0 amide bonds. The Kier molecular flexibility index (Phi) is 20.4. The number of aldehydes is 1. The summed E-state index contributed by atoms with van der Waals surface area (Å²) in [6.45, 7) is -1.55. The maximum Gasteiger partial charge on any atom is 1.00 e. The molecule has 3 N–H and O–H groups in total. The van der Waals surface area contributed by atoms with E-state index in [1.54, 1.807) is 0 Å². The van der Waals surface area contributed by atoms with E-state index < -0.39 is 62.2 Å². The van der Waals surface area contributed by atoms with Gasteiger partial charge >= 0.3 is 88.7 Å². The molecule has 0 aliphatic carbocycles. The average molecular weight is 485 g/mol. The van der Waals surface area contributed by atoms with Crippen LogP contribution in [0.15, 0.2) is 0 Å².